The van der Waals surface area contributed by atoms with Crippen molar-refractivity contribution in [2.75, 3.05) is 18.5 Å². The number of ether oxygens (including phenoxy) is 1. The molecule has 0 unspecified atom stereocenters. The minimum absolute atomic E-state index is 0.0154. The topological polar surface area (TPSA) is 105 Å². The van der Waals surface area contributed by atoms with E-state index in [9.17, 15) is 18.8 Å². The lowest BCUT2D eigenvalue weighted by Crippen LogP contribution is -2.42. The highest BCUT2D eigenvalue weighted by Crippen LogP contribution is 2.44. The highest BCUT2D eigenvalue weighted by molar-refractivity contribution is 5.97. The molecule has 0 fully saturated rings. The number of fused-ring (bicyclic) bond motifs is 3. The quantitative estimate of drug-likeness (QED) is 0.444. The van der Waals surface area contributed by atoms with Crippen LogP contribution in [0.3, 0.4) is 0 Å². The number of benzene rings is 3. The van der Waals surface area contributed by atoms with Gasteiger partial charge >= 0.3 is 12.1 Å². The summed E-state index contributed by atoms with van der Waals surface area (Å²) in [7, 11) is 0. The molecule has 0 atom stereocenters. The van der Waals surface area contributed by atoms with Crippen LogP contribution in [0.5, 0.6) is 0 Å². The second-order valence-electron chi connectivity index (χ2n) is 9.05. The summed E-state index contributed by atoms with van der Waals surface area (Å²) in [5.74, 6) is -2.69. The van der Waals surface area contributed by atoms with Crippen molar-refractivity contribution in [3.63, 3.8) is 0 Å². The lowest BCUT2D eigenvalue weighted by molar-refractivity contribution is -0.123. The van der Waals surface area contributed by atoms with Gasteiger partial charge in [0.05, 0.1) is 11.0 Å². The van der Waals surface area contributed by atoms with Gasteiger partial charge in [0, 0.05) is 18.2 Å². The van der Waals surface area contributed by atoms with Gasteiger partial charge in [-0.1, -0.05) is 48.5 Å². The Labute approximate surface area is 201 Å². The molecule has 0 heterocycles. The zero-order valence-electron chi connectivity index (χ0n) is 19.3. The molecule has 0 radical (unpaired) electrons. The monoisotopic (exact) mass is 476 g/mol. The van der Waals surface area contributed by atoms with E-state index in [1.165, 1.54) is 6.07 Å². The molecule has 0 bridgehead atoms. The summed E-state index contributed by atoms with van der Waals surface area (Å²) in [5.41, 5.74) is 3.09. The van der Waals surface area contributed by atoms with E-state index in [1.54, 1.807) is 13.8 Å². The van der Waals surface area contributed by atoms with Crippen LogP contribution in [0.2, 0.25) is 0 Å². The summed E-state index contributed by atoms with van der Waals surface area (Å²) >= 11 is 0. The van der Waals surface area contributed by atoms with Crippen LogP contribution in [0.1, 0.15) is 41.3 Å². The molecular formula is C27H25FN2O5. The zero-order valence-corrected chi connectivity index (χ0v) is 19.3. The molecule has 0 saturated heterocycles. The fourth-order valence-corrected chi connectivity index (χ4v) is 4.11. The number of nitrogens with one attached hydrogen (secondary N) is 2. The molecule has 1 aliphatic carbocycles. The zero-order chi connectivity index (χ0) is 25.2. The van der Waals surface area contributed by atoms with Crippen molar-refractivity contribution in [3.05, 3.63) is 89.2 Å². The number of carbonyl (C=O) groups is 3. The number of carboxylic acids is 1. The van der Waals surface area contributed by atoms with Crippen LogP contribution < -0.4 is 10.6 Å². The van der Waals surface area contributed by atoms with Crippen molar-refractivity contribution in [2.24, 2.45) is 5.41 Å². The van der Waals surface area contributed by atoms with Crippen LogP contribution in [0.4, 0.5) is 14.9 Å². The standard InChI is InChI=1S/C27H25FN2O5/c1-27(2,25(33)30-18-12-16(24(31)32)11-17(28)13-18)15-29-26(34)35-14-23-21-9-5-3-7-19(21)20-8-4-6-10-22(20)23/h3-13,23H,14-15H2,1-2H3,(H,29,34)(H,30,33)(H,31,32). The number of hydrogen-bond donors (Lipinski definition) is 3. The number of alkyl carbamates (subject to hydrolysis) is 1. The molecule has 1 aliphatic rings. The Morgan fingerprint density at radius 3 is 2.17 bits per heavy atom. The predicted octanol–water partition coefficient (Wildman–Crippen LogP) is 5.03. The molecule has 35 heavy (non-hydrogen) atoms. The van der Waals surface area contributed by atoms with Crippen molar-refractivity contribution < 1.29 is 28.6 Å². The minimum atomic E-state index is -1.31. The first-order valence-electron chi connectivity index (χ1n) is 11.1. The van der Waals surface area contributed by atoms with Gasteiger partial charge in [-0.05, 0) is 54.3 Å². The van der Waals surface area contributed by atoms with Gasteiger partial charge in [-0.2, -0.15) is 0 Å². The first-order chi connectivity index (χ1) is 16.7. The molecule has 3 N–H and O–H groups in total. The third-order valence-electron chi connectivity index (χ3n) is 6.04. The summed E-state index contributed by atoms with van der Waals surface area (Å²) < 4.78 is 19.2. The summed E-state index contributed by atoms with van der Waals surface area (Å²) in [6.07, 6.45) is -0.661. The predicted molar refractivity (Wildman–Crippen MR) is 129 cm³/mol. The summed E-state index contributed by atoms with van der Waals surface area (Å²) in [6.45, 7) is 3.30. The molecule has 0 saturated carbocycles. The molecule has 7 nitrogen and oxygen atoms in total. The molecule has 2 amide bonds. The molecular weight excluding hydrogens is 451 g/mol. The molecule has 3 aromatic carbocycles. The number of carbonyl (C=O) groups excluding carboxylic acids is 2. The largest absolute Gasteiger partial charge is 0.478 e. The number of rotatable bonds is 7. The maximum atomic E-state index is 13.7. The lowest BCUT2D eigenvalue weighted by atomic mass is 9.92. The average molecular weight is 477 g/mol. The highest BCUT2D eigenvalue weighted by atomic mass is 19.1. The Morgan fingerprint density at radius 2 is 1.57 bits per heavy atom. The Hall–Kier alpha value is -4.20. The number of carboxylic acid groups (broad SMARTS) is 1. The number of halogens is 1. The van der Waals surface area contributed by atoms with Crippen LogP contribution in [0, 0.1) is 11.2 Å². The van der Waals surface area contributed by atoms with E-state index in [-0.39, 0.29) is 30.3 Å². The summed E-state index contributed by atoms with van der Waals surface area (Å²) in [5, 5.41) is 14.2. The van der Waals surface area contributed by atoms with Gasteiger partial charge in [0.2, 0.25) is 5.91 Å². The van der Waals surface area contributed by atoms with Gasteiger partial charge in [-0.3, -0.25) is 4.79 Å². The van der Waals surface area contributed by atoms with Gasteiger partial charge in [0.15, 0.2) is 0 Å². The first-order valence-corrected chi connectivity index (χ1v) is 11.1. The van der Waals surface area contributed by atoms with Gasteiger partial charge in [0.25, 0.3) is 0 Å². The molecule has 0 spiro atoms. The van der Waals surface area contributed by atoms with E-state index in [1.807, 2.05) is 48.5 Å². The molecule has 0 aromatic heterocycles. The van der Waals surface area contributed by atoms with Gasteiger partial charge < -0.3 is 20.5 Å². The van der Waals surface area contributed by atoms with E-state index in [2.05, 4.69) is 10.6 Å². The van der Waals surface area contributed by atoms with E-state index in [4.69, 9.17) is 9.84 Å². The lowest BCUT2D eigenvalue weighted by Gasteiger charge is -2.24. The fourth-order valence-electron chi connectivity index (χ4n) is 4.11. The van der Waals surface area contributed by atoms with E-state index < -0.39 is 29.2 Å². The first kappa shape index (κ1) is 23.9. The van der Waals surface area contributed by atoms with Gasteiger partial charge in [0.1, 0.15) is 12.4 Å². The second-order valence-corrected chi connectivity index (χ2v) is 9.05. The smallest absolute Gasteiger partial charge is 0.407 e. The maximum absolute atomic E-state index is 13.7. The fraction of sp³-hybridized carbons (Fsp3) is 0.222. The Balaban J connectivity index is 1.35. The van der Waals surface area contributed by atoms with Crippen molar-refractivity contribution in [1.82, 2.24) is 5.32 Å². The molecule has 8 heteroatoms. The second kappa shape index (κ2) is 9.58. The number of hydrogen-bond acceptors (Lipinski definition) is 4. The van der Waals surface area contributed by atoms with Crippen LogP contribution in [-0.2, 0) is 9.53 Å². The molecule has 180 valence electrons. The van der Waals surface area contributed by atoms with Crippen LogP contribution in [0.25, 0.3) is 11.1 Å². The van der Waals surface area contributed by atoms with Crippen molar-refractivity contribution >= 4 is 23.7 Å². The average Bonchev–Trinajstić information content (AvgIpc) is 3.15. The van der Waals surface area contributed by atoms with Crippen molar-refractivity contribution in [2.45, 2.75) is 19.8 Å². The Morgan fingerprint density at radius 1 is 0.971 bits per heavy atom. The van der Waals surface area contributed by atoms with Crippen molar-refractivity contribution in [3.8, 4) is 11.1 Å². The normalized spacial score (nSPS) is 12.4. The van der Waals surface area contributed by atoms with Crippen LogP contribution in [0.15, 0.2) is 66.7 Å². The summed E-state index contributed by atoms with van der Waals surface area (Å²) in [6, 6.07) is 19.1. The minimum Gasteiger partial charge on any atom is -0.478 e. The SMILES string of the molecule is CC(C)(CNC(=O)OCC1c2ccccc2-c2ccccc21)C(=O)Nc1cc(F)cc(C(=O)O)c1. The summed E-state index contributed by atoms with van der Waals surface area (Å²) in [4.78, 5) is 36.3. The third-order valence-corrected chi connectivity index (χ3v) is 6.04. The van der Waals surface area contributed by atoms with E-state index in [0.717, 1.165) is 34.4 Å². The number of anilines is 1. The van der Waals surface area contributed by atoms with E-state index in [0.29, 0.717) is 0 Å². The Bertz CT molecular complexity index is 1260. The van der Waals surface area contributed by atoms with Crippen LogP contribution in [-0.4, -0.2) is 36.2 Å². The maximum Gasteiger partial charge on any atom is 0.407 e. The van der Waals surface area contributed by atoms with Gasteiger partial charge in [-0.15, -0.1) is 0 Å². The van der Waals surface area contributed by atoms with E-state index >= 15 is 0 Å². The molecule has 3 aromatic rings. The molecule has 0 aliphatic heterocycles. The van der Waals surface area contributed by atoms with Gasteiger partial charge in [-0.25, -0.2) is 14.0 Å². The molecule has 4 rings (SSSR count). The number of amides is 2. The third kappa shape index (κ3) is 5.16. The number of aromatic carboxylic acids is 1. The van der Waals surface area contributed by atoms with Crippen LogP contribution >= 0.6 is 0 Å². The highest BCUT2D eigenvalue weighted by Gasteiger charge is 2.31. The Kier molecular flexibility index (Phi) is 6.55. The van der Waals surface area contributed by atoms with Crippen molar-refractivity contribution in [1.29, 1.82) is 0 Å².